The molecule has 2 saturated heterocycles. The largest absolute Gasteiger partial charge is 0.490 e. The normalized spacial score (nSPS) is 32.0. The standard InChI is InChI=1S/C21H32N2O/c1-3-23(4-2)21-11-8-15-12-18(9-10-20(15)21)24-19-13-16-6-5-7-17(14-19)22-16/h9-10,12,16-17,19,21-22H,3-8,11,13-14H2,1-2H3. The molecule has 2 aliphatic heterocycles. The first-order chi connectivity index (χ1) is 11.8. The van der Waals surface area contributed by atoms with Gasteiger partial charge in [0.05, 0.1) is 0 Å². The molecule has 0 saturated carbocycles. The molecular formula is C21H32N2O. The number of benzene rings is 1. The highest BCUT2D eigenvalue weighted by Gasteiger charge is 2.32. The van der Waals surface area contributed by atoms with E-state index < -0.39 is 0 Å². The summed E-state index contributed by atoms with van der Waals surface area (Å²) in [4.78, 5) is 2.58. The molecule has 2 heterocycles. The summed E-state index contributed by atoms with van der Waals surface area (Å²) in [7, 11) is 0. The minimum absolute atomic E-state index is 0.402. The molecule has 3 nitrogen and oxygen atoms in total. The third-order valence-corrected chi connectivity index (χ3v) is 6.39. The molecular weight excluding hydrogens is 296 g/mol. The van der Waals surface area contributed by atoms with Crippen LogP contribution in [0, 0.1) is 0 Å². The highest BCUT2D eigenvalue weighted by molar-refractivity contribution is 5.41. The fourth-order valence-corrected chi connectivity index (χ4v) is 5.19. The first-order valence-corrected chi connectivity index (χ1v) is 10.1. The Morgan fingerprint density at radius 3 is 2.54 bits per heavy atom. The van der Waals surface area contributed by atoms with Crippen LogP contribution in [0.5, 0.6) is 5.75 Å². The lowest BCUT2D eigenvalue weighted by Crippen LogP contribution is -2.51. The van der Waals surface area contributed by atoms with Crippen LogP contribution in [-0.4, -0.2) is 36.2 Å². The molecule has 0 amide bonds. The molecule has 2 bridgehead atoms. The Labute approximate surface area is 146 Å². The van der Waals surface area contributed by atoms with Gasteiger partial charge in [-0.1, -0.05) is 26.3 Å². The molecule has 4 rings (SSSR count). The Morgan fingerprint density at radius 2 is 1.83 bits per heavy atom. The van der Waals surface area contributed by atoms with Crippen LogP contribution in [0.2, 0.25) is 0 Å². The number of rotatable bonds is 5. The molecule has 0 radical (unpaired) electrons. The van der Waals surface area contributed by atoms with Crippen molar-refractivity contribution in [2.75, 3.05) is 13.1 Å². The van der Waals surface area contributed by atoms with Crippen molar-refractivity contribution in [1.29, 1.82) is 0 Å². The molecule has 1 aliphatic carbocycles. The zero-order valence-corrected chi connectivity index (χ0v) is 15.3. The second-order valence-electron chi connectivity index (χ2n) is 7.84. The second kappa shape index (κ2) is 7.05. The number of hydrogen-bond donors (Lipinski definition) is 1. The SMILES string of the molecule is CCN(CC)C1CCc2cc(OC3CC4CCCC(C3)N4)ccc21. The van der Waals surface area contributed by atoms with Crippen LogP contribution < -0.4 is 10.1 Å². The summed E-state index contributed by atoms with van der Waals surface area (Å²) >= 11 is 0. The van der Waals surface area contributed by atoms with E-state index in [1.807, 2.05) is 0 Å². The van der Waals surface area contributed by atoms with E-state index in [-0.39, 0.29) is 0 Å². The van der Waals surface area contributed by atoms with Crippen LogP contribution in [-0.2, 0) is 6.42 Å². The van der Waals surface area contributed by atoms with Crippen LogP contribution in [0.15, 0.2) is 18.2 Å². The first kappa shape index (κ1) is 16.4. The van der Waals surface area contributed by atoms with Crippen molar-refractivity contribution in [1.82, 2.24) is 10.2 Å². The molecule has 1 aromatic carbocycles. The monoisotopic (exact) mass is 328 g/mol. The van der Waals surface area contributed by atoms with Gasteiger partial charge in [-0.15, -0.1) is 0 Å². The Hall–Kier alpha value is -1.06. The Kier molecular flexibility index (Phi) is 4.82. The van der Waals surface area contributed by atoms with E-state index >= 15 is 0 Å². The van der Waals surface area contributed by atoms with Gasteiger partial charge in [0, 0.05) is 18.1 Å². The van der Waals surface area contributed by atoms with Gasteiger partial charge < -0.3 is 10.1 Å². The number of piperidine rings is 2. The van der Waals surface area contributed by atoms with Gasteiger partial charge in [-0.25, -0.2) is 0 Å². The van der Waals surface area contributed by atoms with Gasteiger partial charge in [0.1, 0.15) is 11.9 Å². The van der Waals surface area contributed by atoms with Crippen LogP contribution in [0.4, 0.5) is 0 Å². The Morgan fingerprint density at radius 1 is 1.08 bits per heavy atom. The highest BCUT2D eigenvalue weighted by atomic mass is 16.5. The van der Waals surface area contributed by atoms with Crippen LogP contribution in [0.3, 0.4) is 0 Å². The summed E-state index contributed by atoms with van der Waals surface area (Å²) in [5, 5.41) is 3.76. The molecule has 0 spiro atoms. The quantitative estimate of drug-likeness (QED) is 0.882. The summed E-state index contributed by atoms with van der Waals surface area (Å²) in [6.07, 6.45) is 9.26. The number of fused-ring (bicyclic) bond motifs is 3. The van der Waals surface area contributed by atoms with Crippen LogP contribution in [0.25, 0.3) is 0 Å². The first-order valence-electron chi connectivity index (χ1n) is 10.1. The van der Waals surface area contributed by atoms with Gasteiger partial charge in [-0.3, -0.25) is 4.90 Å². The summed E-state index contributed by atoms with van der Waals surface area (Å²) in [5.41, 5.74) is 3.05. The van der Waals surface area contributed by atoms with Crippen LogP contribution >= 0.6 is 0 Å². The lowest BCUT2D eigenvalue weighted by atomic mass is 9.85. The predicted octanol–water partition coefficient (Wildman–Crippen LogP) is 4.07. The molecule has 3 aliphatic rings. The lowest BCUT2D eigenvalue weighted by molar-refractivity contribution is 0.0926. The molecule has 132 valence electrons. The van der Waals surface area contributed by atoms with E-state index in [1.54, 1.807) is 0 Å². The van der Waals surface area contributed by atoms with Gasteiger partial charge in [-0.05, 0) is 74.9 Å². The minimum Gasteiger partial charge on any atom is -0.490 e. The average Bonchev–Trinajstić information content (AvgIpc) is 2.99. The maximum Gasteiger partial charge on any atom is 0.120 e. The molecule has 3 unspecified atom stereocenters. The number of ether oxygens (including phenoxy) is 1. The highest BCUT2D eigenvalue weighted by Crippen LogP contribution is 2.38. The maximum atomic E-state index is 6.41. The summed E-state index contributed by atoms with van der Waals surface area (Å²) < 4.78 is 6.41. The number of nitrogens with zero attached hydrogens (tertiary/aromatic N) is 1. The van der Waals surface area contributed by atoms with Crippen LogP contribution in [0.1, 0.15) is 69.5 Å². The van der Waals surface area contributed by atoms with E-state index in [0.29, 0.717) is 24.2 Å². The van der Waals surface area contributed by atoms with Crippen molar-refractivity contribution in [2.45, 2.75) is 83.0 Å². The zero-order chi connectivity index (χ0) is 16.5. The maximum absolute atomic E-state index is 6.41. The smallest absolute Gasteiger partial charge is 0.120 e. The molecule has 1 aromatic rings. The van der Waals surface area contributed by atoms with Gasteiger partial charge in [0.15, 0.2) is 0 Å². The Balaban J connectivity index is 1.44. The van der Waals surface area contributed by atoms with Gasteiger partial charge in [0.25, 0.3) is 0 Å². The predicted molar refractivity (Wildman–Crippen MR) is 98.6 cm³/mol. The lowest BCUT2D eigenvalue weighted by Gasteiger charge is -2.40. The Bertz CT molecular complexity index is 557. The van der Waals surface area contributed by atoms with E-state index in [4.69, 9.17) is 4.74 Å². The third-order valence-electron chi connectivity index (χ3n) is 6.39. The van der Waals surface area contributed by atoms with Gasteiger partial charge in [-0.2, -0.15) is 0 Å². The van der Waals surface area contributed by atoms with Crippen molar-refractivity contribution < 1.29 is 4.74 Å². The second-order valence-corrected chi connectivity index (χ2v) is 7.84. The van der Waals surface area contributed by atoms with Gasteiger partial charge in [0.2, 0.25) is 0 Å². The third kappa shape index (κ3) is 3.21. The minimum atomic E-state index is 0.402. The number of hydrogen-bond acceptors (Lipinski definition) is 3. The van der Waals surface area contributed by atoms with Crippen molar-refractivity contribution in [2.24, 2.45) is 0 Å². The van der Waals surface area contributed by atoms with E-state index in [0.717, 1.165) is 18.8 Å². The fourth-order valence-electron chi connectivity index (χ4n) is 5.19. The van der Waals surface area contributed by atoms with Crippen molar-refractivity contribution in [3.8, 4) is 5.75 Å². The molecule has 0 aromatic heterocycles. The number of nitrogens with one attached hydrogen (secondary N) is 1. The molecule has 2 fully saturated rings. The molecule has 24 heavy (non-hydrogen) atoms. The number of aryl methyl sites for hydroxylation is 1. The average molecular weight is 328 g/mol. The summed E-state index contributed by atoms with van der Waals surface area (Å²) in [6, 6.07) is 8.87. The molecule has 3 heteroatoms. The van der Waals surface area contributed by atoms with Crippen molar-refractivity contribution in [3.05, 3.63) is 29.3 Å². The molecule has 1 N–H and O–H groups in total. The fraction of sp³-hybridized carbons (Fsp3) is 0.714. The zero-order valence-electron chi connectivity index (χ0n) is 15.3. The van der Waals surface area contributed by atoms with E-state index in [9.17, 15) is 0 Å². The van der Waals surface area contributed by atoms with E-state index in [1.165, 1.54) is 56.1 Å². The summed E-state index contributed by atoms with van der Waals surface area (Å²) in [6.45, 7) is 6.81. The molecule has 3 atom stereocenters. The topological polar surface area (TPSA) is 24.5 Å². The van der Waals surface area contributed by atoms with Crippen molar-refractivity contribution >= 4 is 0 Å². The van der Waals surface area contributed by atoms with E-state index in [2.05, 4.69) is 42.3 Å². The van der Waals surface area contributed by atoms with Crippen molar-refractivity contribution in [3.63, 3.8) is 0 Å². The summed E-state index contributed by atoms with van der Waals surface area (Å²) in [5.74, 6) is 1.10. The van der Waals surface area contributed by atoms with Gasteiger partial charge >= 0.3 is 0 Å².